The van der Waals surface area contributed by atoms with E-state index in [9.17, 15) is 19.0 Å². The van der Waals surface area contributed by atoms with E-state index in [4.69, 9.17) is 18.5 Å². The summed E-state index contributed by atoms with van der Waals surface area (Å²) in [5, 5.41) is 0. The van der Waals surface area contributed by atoms with E-state index < -0.39 is 32.5 Å². The SMILES string of the molecule is CC/C=C\C/C=C\C/C=C\C/C=C\C/C=C\C/C=C\C/C=C\CCCCCC(=O)OC(COC(=O)CCCCCCCCCCCCCCCCCCCC/C=C\C/C=C\C/C=C\C/C=C\CC)COP(=O)([O-])OCC[N+](C)(C)C. The third-order valence-corrected chi connectivity index (χ3v) is 14.1. The molecule has 0 saturated carbocycles. The van der Waals surface area contributed by atoms with Crippen molar-refractivity contribution in [2.75, 3.05) is 47.5 Å². The normalized spacial score (nSPS) is 14.1. The zero-order valence-electron chi connectivity index (χ0n) is 51.7. The smallest absolute Gasteiger partial charge is 0.306 e. The first kappa shape index (κ1) is 76.1. The summed E-state index contributed by atoms with van der Waals surface area (Å²) in [7, 11) is 1.13. The Labute approximate surface area is 491 Å². The number of rotatable bonds is 57. The van der Waals surface area contributed by atoms with Gasteiger partial charge in [0.1, 0.15) is 19.8 Å². The summed E-state index contributed by atoms with van der Waals surface area (Å²) in [5.74, 6) is -0.875. The van der Waals surface area contributed by atoms with Gasteiger partial charge < -0.3 is 27.9 Å². The van der Waals surface area contributed by atoms with Gasteiger partial charge in [-0.25, -0.2) is 0 Å². The number of phosphoric acid groups is 1. The molecule has 80 heavy (non-hydrogen) atoms. The lowest BCUT2D eigenvalue weighted by Gasteiger charge is -2.28. The Balaban J connectivity index is 4.16. The first-order chi connectivity index (χ1) is 39.0. The molecule has 0 saturated heterocycles. The van der Waals surface area contributed by atoms with E-state index in [1.54, 1.807) is 0 Å². The molecule has 0 rings (SSSR count). The molecular formula is C70H118NO8P. The Morgan fingerprint density at radius 2 is 0.675 bits per heavy atom. The van der Waals surface area contributed by atoms with Crippen LogP contribution < -0.4 is 4.89 Å². The second kappa shape index (κ2) is 59.8. The number of likely N-dealkylation sites (N-methyl/N-ethyl adjacent to an activating group) is 1. The fourth-order valence-electron chi connectivity index (χ4n) is 8.33. The number of nitrogens with zero attached hydrogens (tertiary/aromatic N) is 1. The first-order valence-electron chi connectivity index (χ1n) is 31.9. The fraction of sp³-hybridized carbons (Fsp3) is 0.657. The maximum absolute atomic E-state index is 12.8. The number of ether oxygens (including phenoxy) is 2. The molecule has 10 heteroatoms. The zero-order valence-corrected chi connectivity index (χ0v) is 52.6. The van der Waals surface area contributed by atoms with Gasteiger partial charge in [-0.2, -0.15) is 0 Å². The highest BCUT2D eigenvalue weighted by Crippen LogP contribution is 2.38. The Bertz CT molecular complexity index is 1810. The highest BCUT2D eigenvalue weighted by Gasteiger charge is 2.22. The summed E-state index contributed by atoms with van der Waals surface area (Å²) >= 11 is 0. The molecule has 0 heterocycles. The van der Waals surface area contributed by atoms with Crippen LogP contribution in [0.1, 0.15) is 245 Å². The minimum Gasteiger partial charge on any atom is -0.756 e. The average Bonchev–Trinajstić information content (AvgIpc) is 3.42. The molecule has 0 spiro atoms. The molecule has 2 atom stereocenters. The molecule has 0 aromatic heterocycles. The van der Waals surface area contributed by atoms with Gasteiger partial charge in [-0.1, -0.05) is 257 Å². The van der Waals surface area contributed by atoms with Crippen LogP contribution in [-0.4, -0.2) is 70.0 Å². The van der Waals surface area contributed by atoms with Gasteiger partial charge >= 0.3 is 11.9 Å². The van der Waals surface area contributed by atoms with Crippen LogP contribution in [0.25, 0.3) is 0 Å². The molecular weight excluding hydrogens is 1010 g/mol. The van der Waals surface area contributed by atoms with Gasteiger partial charge in [0.05, 0.1) is 27.7 Å². The maximum Gasteiger partial charge on any atom is 0.306 e. The second-order valence-corrected chi connectivity index (χ2v) is 23.4. The Kier molecular flexibility index (Phi) is 56.9. The highest BCUT2D eigenvalue weighted by molar-refractivity contribution is 7.45. The van der Waals surface area contributed by atoms with Crippen LogP contribution in [-0.2, 0) is 32.7 Å². The monoisotopic (exact) mass is 1130 g/mol. The summed E-state index contributed by atoms with van der Waals surface area (Å²) < 4.78 is 34.2. The minimum absolute atomic E-state index is 0.0439. The van der Waals surface area contributed by atoms with Gasteiger partial charge in [-0.3, -0.25) is 14.2 Å². The Hall–Kier alpha value is -3.85. The van der Waals surface area contributed by atoms with Crippen LogP contribution in [0.3, 0.4) is 0 Å². The van der Waals surface area contributed by atoms with Crippen molar-refractivity contribution in [1.82, 2.24) is 0 Å². The van der Waals surface area contributed by atoms with Crippen LogP contribution in [0.4, 0.5) is 0 Å². The van der Waals surface area contributed by atoms with Crippen molar-refractivity contribution in [3.8, 4) is 0 Å². The molecule has 0 aliphatic rings. The fourth-order valence-corrected chi connectivity index (χ4v) is 9.06. The van der Waals surface area contributed by atoms with Gasteiger partial charge in [0.15, 0.2) is 6.10 Å². The largest absolute Gasteiger partial charge is 0.756 e. The van der Waals surface area contributed by atoms with E-state index in [1.807, 2.05) is 21.1 Å². The predicted molar refractivity (Wildman–Crippen MR) is 341 cm³/mol. The average molecular weight is 1130 g/mol. The van der Waals surface area contributed by atoms with Gasteiger partial charge in [0, 0.05) is 12.8 Å². The summed E-state index contributed by atoms with van der Waals surface area (Å²) in [6, 6.07) is 0. The number of carbonyl (C=O) groups is 2. The Morgan fingerprint density at radius 1 is 0.388 bits per heavy atom. The summed E-state index contributed by atoms with van der Waals surface area (Å²) in [4.78, 5) is 38.0. The number of carbonyl (C=O) groups excluding carboxylic acids is 2. The van der Waals surface area contributed by atoms with Crippen LogP contribution in [0.15, 0.2) is 134 Å². The van der Waals surface area contributed by atoms with Crippen LogP contribution in [0.2, 0.25) is 0 Å². The standard InChI is InChI=1S/C70H118NO8P/c1-6-8-10-12-14-16-18-20-22-24-26-28-30-32-33-34-35-36-37-39-40-42-44-46-48-50-52-54-56-58-60-62-69(72)76-66-68(67-78-80(74,75)77-65-64-71(3,4)5)79-70(73)63-61-59-57-55-53-51-49-47-45-43-41-38-31-29-27-25-23-21-19-17-15-13-11-9-7-2/h8-11,14-17,20-23,26-29,38,41,45,47,51,53,68H,6-7,12-13,18-19,24-25,30-37,39-40,42-44,46,48-50,52,54-67H2,1-5H3/b10-8-,11-9-,16-14-,17-15-,22-20-,23-21-,28-26-,29-27-,41-38-,47-45-,53-51-. The number of phosphoric ester groups is 1. The van der Waals surface area contributed by atoms with E-state index in [2.05, 4.69) is 148 Å². The third-order valence-electron chi connectivity index (χ3n) is 13.2. The molecule has 0 amide bonds. The number of unbranched alkanes of at least 4 members (excludes halogenated alkanes) is 21. The molecule has 0 fully saturated rings. The lowest BCUT2D eigenvalue weighted by molar-refractivity contribution is -0.870. The van der Waals surface area contributed by atoms with E-state index in [-0.39, 0.29) is 26.1 Å². The van der Waals surface area contributed by atoms with Crippen molar-refractivity contribution in [2.45, 2.75) is 251 Å². The number of quaternary nitrogens is 1. The third kappa shape index (κ3) is 63.3. The number of esters is 2. The topological polar surface area (TPSA) is 111 Å². The summed E-state index contributed by atoms with van der Waals surface area (Å²) in [6.45, 7) is 3.97. The van der Waals surface area contributed by atoms with Gasteiger partial charge in [-0.15, -0.1) is 0 Å². The molecule has 0 N–H and O–H groups in total. The van der Waals surface area contributed by atoms with Crippen molar-refractivity contribution in [3.63, 3.8) is 0 Å². The molecule has 0 bridgehead atoms. The van der Waals surface area contributed by atoms with Gasteiger partial charge in [-0.05, 0) is 109 Å². The quantitative estimate of drug-likeness (QED) is 0.0195. The van der Waals surface area contributed by atoms with Crippen molar-refractivity contribution < 1.29 is 42.1 Å². The van der Waals surface area contributed by atoms with Crippen molar-refractivity contribution >= 4 is 19.8 Å². The van der Waals surface area contributed by atoms with Gasteiger partial charge in [0.25, 0.3) is 7.82 Å². The van der Waals surface area contributed by atoms with Crippen molar-refractivity contribution in [3.05, 3.63) is 134 Å². The van der Waals surface area contributed by atoms with E-state index in [0.717, 1.165) is 109 Å². The number of allylic oxidation sites excluding steroid dienone is 22. The lowest BCUT2D eigenvalue weighted by atomic mass is 10.0. The van der Waals surface area contributed by atoms with Gasteiger partial charge in [0.2, 0.25) is 0 Å². The molecule has 0 aliphatic heterocycles. The first-order valence-corrected chi connectivity index (χ1v) is 33.4. The molecule has 9 nitrogen and oxygen atoms in total. The molecule has 456 valence electrons. The Morgan fingerprint density at radius 3 is 1.01 bits per heavy atom. The summed E-state index contributed by atoms with van der Waals surface area (Å²) in [6.07, 6.45) is 86.6. The van der Waals surface area contributed by atoms with Crippen LogP contribution in [0, 0.1) is 0 Å². The molecule has 2 unspecified atom stereocenters. The van der Waals surface area contributed by atoms with Crippen molar-refractivity contribution in [1.29, 1.82) is 0 Å². The van der Waals surface area contributed by atoms with E-state index in [1.165, 1.54) is 103 Å². The molecule has 0 radical (unpaired) electrons. The molecule has 0 aromatic carbocycles. The molecule has 0 aromatic rings. The van der Waals surface area contributed by atoms with E-state index >= 15 is 0 Å². The summed E-state index contributed by atoms with van der Waals surface area (Å²) in [5.41, 5.74) is 0. The second-order valence-electron chi connectivity index (χ2n) is 22.0. The molecule has 0 aliphatic carbocycles. The zero-order chi connectivity index (χ0) is 58.4. The van der Waals surface area contributed by atoms with E-state index in [0.29, 0.717) is 17.4 Å². The van der Waals surface area contributed by atoms with Crippen LogP contribution in [0.5, 0.6) is 0 Å². The number of hydrogen-bond acceptors (Lipinski definition) is 8. The minimum atomic E-state index is -4.66. The predicted octanol–water partition coefficient (Wildman–Crippen LogP) is 19.9. The van der Waals surface area contributed by atoms with Crippen molar-refractivity contribution in [2.24, 2.45) is 0 Å². The lowest BCUT2D eigenvalue weighted by Crippen LogP contribution is -2.37. The highest BCUT2D eigenvalue weighted by atomic mass is 31.2. The number of hydrogen-bond donors (Lipinski definition) is 0. The van der Waals surface area contributed by atoms with Crippen LogP contribution >= 0.6 is 7.82 Å². The maximum atomic E-state index is 12.8.